The van der Waals surface area contributed by atoms with Gasteiger partial charge in [0.05, 0.1) is 0 Å². The average Bonchev–Trinajstić information content (AvgIpc) is 2.18. The van der Waals surface area contributed by atoms with Gasteiger partial charge in [0.2, 0.25) is 11.8 Å². The topological polar surface area (TPSA) is 84.2 Å². The SMILES string of the molecule is NC(=O)CCNC(=O)CC1CSCCN1. The van der Waals surface area contributed by atoms with Crippen LogP contribution in [0, 0.1) is 0 Å². The van der Waals surface area contributed by atoms with Gasteiger partial charge in [0, 0.05) is 43.5 Å². The van der Waals surface area contributed by atoms with Crippen LogP contribution < -0.4 is 16.4 Å². The van der Waals surface area contributed by atoms with Crippen molar-refractivity contribution in [3.8, 4) is 0 Å². The van der Waals surface area contributed by atoms with E-state index in [0.29, 0.717) is 13.0 Å². The Morgan fingerprint density at radius 3 is 2.93 bits per heavy atom. The lowest BCUT2D eigenvalue weighted by Gasteiger charge is -2.22. The molecule has 1 atom stereocenters. The van der Waals surface area contributed by atoms with Gasteiger partial charge in [-0.2, -0.15) is 11.8 Å². The van der Waals surface area contributed by atoms with Gasteiger partial charge in [0.1, 0.15) is 0 Å². The molecule has 1 saturated heterocycles. The van der Waals surface area contributed by atoms with Crippen molar-refractivity contribution in [3.63, 3.8) is 0 Å². The first-order valence-electron chi connectivity index (χ1n) is 5.04. The fourth-order valence-electron chi connectivity index (χ4n) is 1.37. The van der Waals surface area contributed by atoms with Crippen molar-refractivity contribution in [1.29, 1.82) is 0 Å². The quantitative estimate of drug-likeness (QED) is 0.571. The number of nitrogens with one attached hydrogen (secondary N) is 2. The molecule has 1 rings (SSSR count). The van der Waals surface area contributed by atoms with Crippen LogP contribution in [0.1, 0.15) is 12.8 Å². The maximum atomic E-state index is 11.4. The van der Waals surface area contributed by atoms with Crippen molar-refractivity contribution in [3.05, 3.63) is 0 Å². The summed E-state index contributed by atoms with van der Waals surface area (Å²) in [5, 5.41) is 5.95. The first kappa shape index (κ1) is 12.3. The minimum absolute atomic E-state index is 0.0174. The number of carbonyl (C=O) groups excluding carboxylic acids is 2. The molecule has 1 aliphatic rings. The third-order valence-electron chi connectivity index (χ3n) is 2.12. The minimum Gasteiger partial charge on any atom is -0.370 e. The van der Waals surface area contributed by atoms with Gasteiger partial charge in [-0.25, -0.2) is 0 Å². The lowest BCUT2D eigenvalue weighted by atomic mass is 10.2. The molecular formula is C9H17N3O2S. The number of thioether (sulfide) groups is 1. The summed E-state index contributed by atoms with van der Waals surface area (Å²) in [7, 11) is 0. The van der Waals surface area contributed by atoms with Gasteiger partial charge >= 0.3 is 0 Å². The fourth-order valence-corrected chi connectivity index (χ4v) is 2.32. The molecule has 0 aromatic rings. The number of amides is 2. The highest BCUT2D eigenvalue weighted by Gasteiger charge is 2.16. The number of hydrogen-bond donors (Lipinski definition) is 3. The average molecular weight is 231 g/mol. The molecule has 4 N–H and O–H groups in total. The van der Waals surface area contributed by atoms with Crippen LogP contribution in [0.4, 0.5) is 0 Å². The van der Waals surface area contributed by atoms with E-state index in [0.717, 1.165) is 18.1 Å². The molecule has 0 bridgehead atoms. The van der Waals surface area contributed by atoms with Crippen molar-refractivity contribution in [2.45, 2.75) is 18.9 Å². The Morgan fingerprint density at radius 1 is 1.53 bits per heavy atom. The van der Waals surface area contributed by atoms with E-state index < -0.39 is 0 Å². The number of carbonyl (C=O) groups is 2. The second kappa shape index (κ2) is 6.68. The van der Waals surface area contributed by atoms with Crippen molar-refractivity contribution in [2.75, 3.05) is 24.6 Å². The number of hydrogen-bond acceptors (Lipinski definition) is 4. The zero-order valence-corrected chi connectivity index (χ0v) is 9.44. The van der Waals surface area contributed by atoms with E-state index in [-0.39, 0.29) is 24.3 Å². The van der Waals surface area contributed by atoms with Gasteiger partial charge in [-0.3, -0.25) is 9.59 Å². The highest BCUT2D eigenvalue weighted by molar-refractivity contribution is 7.99. The van der Waals surface area contributed by atoms with Crippen LogP contribution in [0.2, 0.25) is 0 Å². The van der Waals surface area contributed by atoms with E-state index >= 15 is 0 Å². The van der Waals surface area contributed by atoms with Crippen LogP contribution in [0.15, 0.2) is 0 Å². The Balaban J connectivity index is 2.09. The van der Waals surface area contributed by atoms with Gasteiger partial charge in [-0.1, -0.05) is 0 Å². The van der Waals surface area contributed by atoms with Crippen LogP contribution in [-0.4, -0.2) is 42.5 Å². The van der Waals surface area contributed by atoms with Gasteiger partial charge in [-0.05, 0) is 0 Å². The normalized spacial score (nSPS) is 20.9. The monoisotopic (exact) mass is 231 g/mol. The van der Waals surface area contributed by atoms with E-state index in [1.54, 1.807) is 0 Å². The molecule has 2 amide bonds. The maximum Gasteiger partial charge on any atom is 0.221 e. The Morgan fingerprint density at radius 2 is 2.33 bits per heavy atom. The highest BCUT2D eigenvalue weighted by Crippen LogP contribution is 2.09. The maximum absolute atomic E-state index is 11.4. The van der Waals surface area contributed by atoms with Crippen LogP contribution in [-0.2, 0) is 9.59 Å². The molecule has 1 unspecified atom stereocenters. The molecular weight excluding hydrogens is 214 g/mol. The smallest absolute Gasteiger partial charge is 0.221 e. The van der Waals surface area contributed by atoms with Gasteiger partial charge in [-0.15, -0.1) is 0 Å². The third-order valence-corrected chi connectivity index (χ3v) is 3.25. The summed E-state index contributed by atoms with van der Waals surface area (Å²) >= 11 is 1.86. The third kappa shape index (κ3) is 5.64. The van der Waals surface area contributed by atoms with Crippen LogP contribution in [0.3, 0.4) is 0 Å². The summed E-state index contributed by atoms with van der Waals surface area (Å²) in [6.07, 6.45) is 0.685. The van der Waals surface area contributed by atoms with Crippen molar-refractivity contribution < 1.29 is 9.59 Å². The summed E-state index contributed by atoms with van der Waals surface area (Å²) in [6.45, 7) is 1.30. The first-order chi connectivity index (χ1) is 7.18. The summed E-state index contributed by atoms with van der Waals surface area (Å²) in [5.74, 6) is 1.68. The Labute approximate surface area is 93.5 Å². The summed E-state index contributed by atoms with van der Waals surface area (Å²) in [4.78, 5) is 21.8. The van der Waals surface area contributed by atoms with E-state index in [4.69, 9.17) is 5.73 Å². The molecule has 1 fully saturated rings. The summed E-state index contributed by atoms with van der Waals surface area (Å²) in [6, 6.07) is 0.261. The standard InChI is InChI=1S/C9H17N3O2S/c10-8(13)1-2-12-9(14)5-7-6-15-4-3-11-7/h7,11H,1-6H2,(H2,10,13)(H,12,14). The molecule has 6 heteroatoms. The van der Waals surface area contributed by atoms with Crippen molar-refractivity contribution in [1.82, 2.24) is 10.6 Å². The van der Waals surface area contributed by atoms with E-state index in [1.807, 2.05) is 11.8 Å². The molecule has 1 heterocycles. The zero-order chi connectivity index (χ0) is 11.1. The largest absolute Gasteiger partial charge is 0.370 e. The predicted molar refractivity (Wildman–Crippen MR) is 60.6 cm³/mol. The molecule has 1 aliphatic heterocycles. The molecule has 0 aliphatic carbocycles. The summed E-state index contributed by atoms with van der Waals surface area (Å²) in [5.41, 5.74) is 4.96. The fraction of sp³-hybridized carbons (Fsp3) is 0.778. The lowest BCUT2D eigenvalue weighted by Crippen LogP contribution is -2.41. The van der Waals surface area contributed by atoms with E-state index in [1.165, 1.54) is 0 Å². The zero-order valence-electron chi connectivity index (χ0n) is 8.62. The van der Waals surface area contributed by atoms with Crippen molar-refractivity contribution >= 4 is 23.6 Å². The second-order valence-corrected chi connectivity index (χ2v) is 4.65. The van der Waals surface area contributed by atoms with E-state index in [9.17, 15) is 9.59 Å². The number of nitrogens with two attached hydrogens (primary N) is 1. The van der Waals surface area contributed by atoms with Crippen molar-refractivity contribution in [2.24, 2.45) is 5.73 Å². The molecule has 0 saturated carbocycles. The van der Waals surface area contributed by atoms with Gasteiger partial charge < -0.3 is 16.4 Å². The Kier molecular flexibility index (Phi) is 5.49. The molecule has 86 valence electrons. The molecule has 0 aromatic carbocycles. The lowest BCUT2D eigenvalue weighted by molar-refractivity contribution is -0.121. The number of primary amides is 1. The van der Waals surface area contributed by atoms with Crippen LogP contribution >= 0.6 is 11.8 Å². The Bertz CT molecular complexity index is 229. The molecule has 0 radical (unpaired) electrons. The van der Waals surface area contributed by atoms with Crippen LogP contribution in [0.5, 0.6) is 0 Å². The second-order valence-electron chi connectivity index (χ2n) is 3.50. The molecule has 5 nitrogen and oxygen atoms in total. The molecule has 0 aromatic heterocycles. The van der Waals surface area contributed by atoms with Gasteiger partial charge in [0.25, 0.3) is 0 Å². The highest BCUT2D eigenvalue weighted by atomic mass is 32.2. The van der Waals surface area contributed by atoms with Gasteiger partial charge in [0.15, 0.2) is 0 Å². The van der Waals surface area contributed by atoms with E-state index in [2.05, 4.69) is 10.6 Å². The Hall–Kier alpha value is -0.750. The minimum atomic E-state index is -0.387. The first-order valence-corrected chi connectivity index (χ1v) is 6.20. The summed E-state index contributed by atoms with van der Waals surface area (Å²) < 4.78 is 0. The van der Waals surface area contributed by atoms with Crippen LogP contribution in [0.25, 0.3) is 0 Å². The molecule has 0 spiro atoms. The number of rotatable bonds is 5. The predicted octanol–water partition coefficient (Wildman–Crippen LogP) is -0.927. The molecule has 15 heavy (non-hydrogen) atoms.